The topological polar surface area (TPSA) is 44.5 Å². The number of rotatable bonds is 6. The minimum absolute atomic E-state index is 0.158. The number of benzene rings is 1. The van der Waals surface area contributed by atoms with Crippen LogP contribution in [0.4, 0.5) is 4.39 Å². The lowest BCUT2D eigenvalue weighted by molar-refractivity contribution is 0.250. The summed E-state index contributed by atoms with van der Waals surface area (Å²) in [6.45, 7) is 1.57. The summed E-state index contributed by atoms with van der Waals surface area (Å²) in [5.74, 6) is 0.866. The van der Waals surface area contributed by atoms with Crippen molar-refractivity contribution in [3.05, 3.63) is 76.5 Å². The van der Waals surface area contributed by atoms with Gasteiger partial charge in [-0.25, -0.2) is 4.39 Å². The zero-order valence-corrected chi connectivity index (χ0v) is 19.1. The summed E-state index contributed by atoms with van der Waals surface area (Å²) in [5.41, 5.74) is 1.30. The number of hydrogen-bond donors (Lipinski definition) is 1. The fraction of sp³-hybridized carbons (Fsp3) is 0.273. The molecule has 1 N–H and O–H groups in total. The minimum atomic E-state index is -0.337. The molecule has 0 bridgehead atoms. The van der Waals surface area contributed by atoms with Gasteiger partial charge in [-0.1, -0.05) is 22.0 Å². The average molecular weight is 489 g/mol. The number of likely N-dealkylation sites (N-methyl/N-ethyl adjacent to an activating group) is 1. The van der Waals surface area contributed by atoms with Gasteiger partial charge < -0.3 is 19.5 Å². The Morgan fingerprint density at radius 1 is 1.23 bits per heavy atom. The smallest absolute Gasteiger partial charge is 0.170 e. The molecule has 0 amide bonds. The first-order valence-corrected chi connectivity index (χ1v) is 10.8. The van der Waals surface area contributed by atoms with Crippen molar-refractivity contribution in [3.8, 4) is 11.3 Å². The largest absolute Gasteiger partial charge is 0.459 e. The number of aromatic nitrogens is 1. The first-order valence-electron chi connectivity index (χ1n) is 9.62. The van der Waals surface area contributed by atoms with Gasteiger partial charge in [-0.2, -0.15) is 0 Å². The summed E-state index contributed by atoms with van der Waals surface area (Å²) >= 11 is 8.94. The van der Waals surface area contributed by atoms with Crippen molar-refractivity contribution in [2.75, 3.05) is 27.2 Å². The Morgan fingerprint density at radius 3 is 2.77 bits per heavy atom. The van der Waals surface area contributed by atoms with E-state index in [9.17, 15) is 4.39 Å². The number of pyridine rings is 1. The summed E-state index contributed by atoms with van der Waals surface area (Å²) < 4.78 is 21.3. The summed E-state index contributed by atoms with van der Waals surface area (Å²) in [6.07, 6.45) is 1.77. The van der Waals surface area contributed by atoms with Gasteiger partial charge in [-0.05, 0) is 68.8 Å². The van der Waals surface area contributed by atoms with Crippen molar-refractivity contribution in [3.63, 3.8) is 0 Å². The summed E-state index contributed by atoms with van der Waals surface area (Å²) in [6, 6.07) is 14.1. The second kappa shape index (κ2) is 8.83. The van der Waals surface area contributed by atoms with Gasteiger partial charge in [0.1, 0.15) is 23.4 Å². The molecule has 156 valence electrons. The molecule has 3 aromatic rings. The summed E-state index contributed by atoms with van der Waals surface area (Å²) in [4.78, 5) is 8.75. The standard InChI is InChI=1S/C22H22BrFN4OS/c1-27(2)11-12-28-21(20(26-22(28)30)17-5-3-4-10-25-17)19-9-8-18(29-19)15-7-6-14(23)13-16(15)24/h3-10,13,20-21H,11-12H2,1-2H3,(H,26,30)/t20-,21+/m0/s1. The Kier molecular flexibility index (Phi) is 6.17. The van der Waals surface area contributed by atoms with Crippen molar-refractivity contribution in [1.82, 2.24) is 20.1 Å². The molecule has 1 aromatic carbocycles. The number of nitrogens with one attached hydrogen (secondary N) is 1. The van der Waals surface area contributed by atoms with Crippen molar-refractivity contribution < 1.29 is 8.81 Å². The average Bonchev–Trinajstić information content (AvgIpc) is 3.31. The van der Waals surface area contributed by atoms with Crippen LogP contribution in [0.2, 0.25) is 0 Å². The van der Waals surface area contributed by atoms with E-state index >= 15 is 0 Å². The molecule has 2 atom stereocenters. The van der Waals surface area contributed by atoms with E-state index < -0.39 is 0 Å². The van der Waals surface area contributed by atoms with Gasteiger partial charge in [0.15, 0.2) is 5.11 Å². The molecule has 1 fully saturated rings. The number of furan rings is 1. The molecular formula is C22H22BrFN4OS. The molecule has 30 heavy (non-hydrogen) atoms. The number of nitrogens with zero attached hydrogens (tertiary/aromatic N) is 3. The van der Waals surface area contributed by atoms with Crippen LogP contribution in [0.15, 0.2) is 63.6 Å². The molecule has 1 aliphatic rings. The molecule has 4 rings (SSSR count). The summed E-state index contributed by atoms with van der Waals surface area (Å²) in [7, 11) is 4.05. The zero-order valence-electron chi connectivity index (χ0n) is 16.7. The van der Waals surface area contributed by atoms with Crippen LogP contribution in [0.1, 0.15) is 23.5 Å². The number of halogens is 2. The van der Waals surface area contributed by atoms with Gasteiger partial charge in [0.2, 0.25) is 0 Å². The first kappa shape index (κ1) is 21.0. The Bertz CT molecular complexity index is 1040. The van der Waals surface area contributed by atoms with E-state index in [0.29, 0.717) is 26.7 Å². The molecule has 0 radical (unpaired) electrons. The van der Waals surface area contributed by atoms with Crippen LogP contribution < -0.4 is 5.32 Å². The van der Waals surface area contributed by atoms with Crippen LogP contribution in [-0.4, -0.2) is 47.1 Å². The fourth-order valence-electron chi connectivity index (χ4n) is 3.61. The van der Waals surface area contributed by atoms with E-state index in [4.69, 9.17) is 16.6 Å². The predicted octanol–water partition coefficient (Wildman–Crippen LogP) is 4.78. The normalized spacial score (nSPS) is 18.8. The SMILES string of the molecule is CN(C)CCN1C(=S)N[C@@H](c2ccccn2)[C@H]1c1ccc(-c2ccc(Br)cc2F)o1. The number of hydrogen-bond acceptors (Lipinski definition) is 4. The van der Waals surface area contributed by atoms with Crippen LogP contribution in [0.25, 0.3) is 11.3 Å². The second-order valence-corrected chi connectivity index (χ2v) is 8.75. The Labute approximate surface area is 189 Å². The molecule has 0 aliphatic carbocycles. The molecule has 2 aromatic heterocycles. The summed E-state index contributed by atoms with van der Waals surface area (Å²) in [5, 5.41) is 4.05. The third-order valence-electron chi connectivity index (χ3n) is 5.10. The highest BCUT2D eigenvalue weighted by atomic mass is 79.9. The van der Waals surface area contributed by atoms with Crippen LogP contribution in [0, 0.1) is 5.82 Å². The van der Waals surface area contributed by atoms with Crippen LogP contribution in [0.5, 0.6) is 0 Å². The maximum absolute atomic E-state index is 14.5. The maximum atomic E-state index is 14.5. The van der Waals surface area contributed by atoms with Crippen molar-refractivity contribution >= 4 is 33.3 Å². The van der Waals surface area contributed by atoms with Gasteiger partial charge in [0, 0.05) is 23.8 Å². The lowest BCUT2D eigenvalue weighted by atomic mass is 10.0. The van der Waals surface area contributed by atoms with Gasteiger partial charge in [-0.15, -0.1) is 0 Å². The highest BCUT2D eigenvalue weighted by Gasteiger charge is 2.41. The van der Waals surface area contributed by atoms with E-state index in [1.807, 2.05) is 44.4 Å². The lowest BCUT2D eigenvalue weighted by Crippen LogP contribution is -2.35. The maximum Gasteiger partial charge on any atom is 0.170 e. The zero-order chi connectivity index (χ0) is 21.3. The Balaban J connectivity index is 1.71. The van der Waals surface area contributed by atoms with Crippen molar-refractivity contribution in [1.29, 1.82) is 0 Å². The molecule has 5 nitrogen and oxygen atoms in total. The van der Waals surface area contributed by atoms with Crippen molar-refractivity contribution in [2.45, 2.75) is 12.1 Å². The Hall–Kier alpha value is -2.29. The third-order valence-corrected chi connectivity index (χ3v) is 5.95. The molecule has 1 saturated heterocycles. The van der Waals surface area contributed by atoms with Crippen LogP contribution in [-0.2, 0) is 0 Å². The van der Waals surface area contributed by atoms with E-state index in [1.165, 1.54) is 6.07 Å². The van der Waals surface area contributed by atoms with E-state index in [0.717, 1.165) is 18.8 Å². The van der Waals surface area contributed by atoms with Gasteiger partial charge in [-0.3, -0.25) is 4.98 Å². The third kappa shape index (κ3) is 4.26. The quantitative estimate of drug-likeness (QED) is 0.503. The van der Waals surface area contributed by atoms with Crippen LogP contribution in [0.3, 0.4) is 0 Å². The molecule has 3 heterocycles. The monoisotopic (exact) mass is 488 g/mol. The molecule has 0 spiro atoms. The lowest BCUT2D eigenvalue weighted by Gasteiger charge is -2.27. The second-order valence-electron chi connectivity index (χ2n) is 7.45. The number of thiocarbonyl (C=S) groups is 1. The highest BCUT2D eigenvalue weighted by Crippen LogP contribution is 2.40. The fourth-order valence-corrected chi connectivity index (χ4v) is 4.27. The van der Waals surface area contributed by atoms with E-state index in [1.54, 1.807) is 18.3 Å². The van der Waals surface area contributed by atoms with Crippen molar-refractivity contribution in [2.24, 2.45) is 0 Å². The van der Waals surface area contributed by atoms with E-state index in [2.05, 4.69) is 36.0 Å². The Morgan fingerprint density at radius 2 is 2.07 bits per heavy atom. The molecule has 1 aliphatic heterocycles. The molecular weight excluding hydrogens is 467 g/mol. The predicted molar refractivity (Wildman–Crippen MR) is 123 cm³/mol. The first-order chi connectivity index (χ1) is 14.4. The van der Waals surface area contributed by atoms with Gasteiger partial charge >= 0.3 is 0 Å². The minimum Gasteiger partial charge on any atom is -0.459 e. The molecule has 0 unspecified atom stereocenters. The van der Waals surface area contributed by atoms with Gasteiger partial charge in [0.05, 0.1) is 17.3 Å². The van der Waals surface area contributed by atoms with Crippen LogP contribution >= 0.6 is 28.1 Å². The van der Waals surface area contributed by atoms with E-state index in [-0.39, 0.29) is 17.9 Å². The van der Waals surface area contributed by atoms with Gasteiger partial charge in [0.25, 0.3) is 0 Å². The molecule has 0 saturated carbocycles. The molecule has 8 heteroatoms. The highest BCUT2D eigenvalue weighted by molar-refractivity contribution is 9.10.